The van der Waals surface area contributed by atoms with Crippen LogP contribution in [0.2, 0.25) is 0 Å². The van der Waals surface area contributed by atoms with Crippen LogP contribution >= 0.6 is 0 Å². The first-order valence-electron chi connectivity index (χ1n) is 10.5. The number of para-hydroxylation sites is 1. The molecule has 2 bridgehead atoms. The number of hydrogen-bond acceptors (Lipinski definition) is 6. The van der Waals surface area contributed by atoms with E-state index in [1.165, 1.54) is 7.11 Å². The maximum Gasteiger partial charge on any atom is 0.342 e. The fourth-order valence-electron chi connectivity index (χ4n) is 5.32. The van der Waals surface area contributed by atoms with Crippen molar-refractivity contribution in [3.63, 3.8) is 0 Å². The third kappa shape index (κ3) is 3.47. The third-order valence-corrected chi connectivity index (χ3v) is 8.63. The summed E-state index contributed by atoms with van der Waals surface area (Å²) in [6, 6.07) is 15.8. The van der Waals surface area contributed by atoms with Crippen LogP contribution in [0.25, 0.3) is 0 Å². The Morgan fingerprint density at radius 2 is 1.97 bits per heavy atom. The number of sulfonamides is 1. The third-order valence-electron chi connectivity index (χ3n) is 6.66. The molecule has 0 amide bonds. The topological polar surface area (TPSA) is 96.9 Å². The Hall–Kier alpha value is -2.26. The fraction of sp³-hybridized carbons (Fsp3) is 0.435. The second-order valence-corrected chi connectivity index (χ2v) is 10.3. The molecule has 7 nitrogen and oxygen atoms in total. The number of hydrogen-bond donors (Lipinski definition) is 1. The Labute approximate surface area is 182 Å². The second kappa shape index (κ2) is 7.70. The van der Waals surface area contributed by atoms with Gasteiger partial charge in [-0.15, -0.1) is 4.72 Å². The zero-order valence-electron chi connectivity index (χ0n) is 17.2. The van der Waals surface area contributed by atoms with Gasteiger partial charge in [-0.25, -0.2) is 4.79 Å². The minimum atomic E-state index is -3.61. The Bertz CT molecular complexity index is 1030. The summed E-state index contributed by atoms with van der Waals surface area (Å²) < 4.78 is 46.6. The molecule has 164 valence electrons. The van der Waals surface area contributed by atoms with Gasteiger partial charge in [0.05, 0.1) is 19.3 Å². The molecule has 0 saturated carbocycles. The summed E-state index contributed by atoms with van der Waals surface area (Å²) >= 11 is 0. The van der Waals surface area contributed by atoms with Crippen LogP contribution in [0.3, 0.4) is 0 Å². The normalized spacial score (nSPS) is 36.1. The number of rotatable bonds is 5. The van der Waals surface area contributed by atoms with Crippen molar-refractivity contribution in [2.45, 2.75) is 54.8 Å². The molecular weight excluding hydrogens is 418 g/mol. The number of carbonyl (C=O) groups excluding carboxylic acids is 1. The van der Waals surface area contributed by atoms with Gasteiger partial charge in [0, 0.05) is 6.42 Å². The van der Waals surface area contributed by atoms with E-state index in [0.29, 0.717) is 30.6 Å². The zero-order chi connectivity index (χ0) is 21.6. The first-order chi connectivity index (χ1) is 14.9. The molecule has 8 heteroatoms. The van der Waals surface area contributed by atoms with Crippen LogP contribution < -0.4 is 9.46 Å². The van der Waals surface area contributed by atoms with Crippen molar-refractivity contribution >= 4 is 16.4 Å². The van der Waals surface area contributed by atoms with Gasteiger partial charge in [0.25, 0.3) is 0 Å². The number of ether oxygens (including phenoxy) is 3. The Morgan fingerprint density at radius 1 is 1.23 bits per heavy atom. The van der Waals surface area contributed by atoms with Crippen LogP contribution in [-0.4, -0.2) is 46.7 Å². The van der Waals surface area contributed by atoms with E-state index in [9.17, 15) is 13.6 Å². The number of benzene rings is 2. The predicted molar refractivity (Wildman–Crippen MR) is 113 cm³/mol. The van der Waals surface area contributed by atoms with E-state index >= 15 is 0 Å². The lowest BCUT2D eigenvalue weighted by molar-refractivity contribution is -0.103. The molecule has 31 heavy (non-hydrogen) atoms. The van der Waals surface area contributed by atoms with Crippen LogP contribution in [0.15, 0.2) is 54.6 Å². The molecular formula is C23H25NO6S. The predicted octanol–water partition coefficient (Wildman–Crippen LogP) is 2.67. The maximum atomic E-state index is 13.2. The van der Waals surface area contributed by atoms with Gasteiger partial charge in [-0.2, -0.15) is 0 Å². The van der Waals surface area contributed by atoms with Crippen molar-refractivity contribution in [1.29, 1.82) is 0 Å². The average molecular weight is 444 g/mol. The molecule has 2 aromatic rings. The highest BCUT2D eigenvalue weighted by atomic mass is 32.3. The zero-order valence-corrected chi connectivity index (χ0v) is 18.0. The lowest BCUT2D eigenvalue weighted by atomic mass is 9.79. The van der Waals surface area contributed by atoms with Crippen molar-refractivity contribution in [2.75, 3.05) is 7.11 Å². The van der Waals surface area contributed by atoms with E-state index in [2.05, 4.69) is 4.72 Å². The Balaban J connectivity index is 1.51. The van der Waals surface area contributed by atoms with Gasteiger partial charge in [0.2, 0.25) is 0 Å². The quantitative estimate of drug-likeness (QED) is 0.564. The molecule has 5 rings (SSSR count). The summed E-state index contributed by atoms with van der Waals surface area (Å²) in [5.41, 5.74) is 0.236. The highest BCUT2D eigenvalue weighted by molar-refractivity contribution is 7.96. The molecule has 3 fully saturated rings. The highest BCUT2D eigenvalue weighted by Crippen LogP contribution is 2.53. The van der Waals surface area contributed by atoms with Crippen LogP contribution in [0.5, 0.6) is 5.75 Å². The number of fused-ring (bicyclic) bond motifs is 1. The van der Waals surface area contributed by atoms with Crippen molar-refractivity contribution < 1.29 is 27.8 Å². The molecule has 3 heterocycles. The lowest BCUT2D eigenvalue weighted by Crippen LogP contribution is -2.71. The van der Waals surface area contributed by atoms with Gasteiger partial charge in [-0.3, -0.25) is 0 Å². The van der Waals surface area contributed by atoms with Gasteiger partial charge in [-0.05, 0) is 37.0 Å². The van der Waals surface area contributed by atoms with Gasteiger partial charge in [0.1, 0.15) is 21.7 Å². The van der Waals surface area contributed by atoms with Crippen molar-refractivity contribution in [2.24, 2.45) is 0 Å². The molecule has 0 radical (unpaired) electrons. The first-order valence-corrected chi connectivity index (χ1v) is 12.0. The molecule has 2 unspecified atom stereocenters. The largest absolute Gasteiger partial charge is 0.597 e. The van der Waals surface area contributed by atoms with E-state index < -0.39 is 39.4 Å². The van der Waals surface area contributed by atoms with Gasteiger partial charge in [-0.1, -0.05) is 46.7 Å². The molecule has 1 N–H and O–H groups in total. The van der Waals surface area contributed by atoms with Crippen LogP contribution in [0, 0.1) is 0 Å². The van der Waals surface area contributed by atoms with Crippen molar-refractivity contribution in [3.8, 4) is 5.75 Å². The fourth-order valence-corrected chi connectivity index (χ4v) is 7.42. The van der Waals surface area contributed by atoms with Crippen LogP contribution in [-0.2, 0) is 30.5 Å². The molecule has 2 aromatic carbocycles. The van der Waals surface area contributed by atoms with E-state index in [1.807, 2.05) is 30.3 Å². The van der Waals surface area contributed by atoms with E-state index in [0.717, 1.165) is 12.0 Å². The molecule has 0 aliphatic carbocycles. The highest BCUT2D eigenvalue weighted by Gasteiger charge is 2.71. The molecule has 0 aromatic heterocycles. The molecule has 1 spiro atoms. The van der Waals surface area contributed by atoms with Crippen LogP contribution in [0.4, 0.5) is 0 Å². The smallest absolute Gasteiger partial charge is 0.342 e. The molecule has 3 saturated heterocycles. The summed E-state index contributed by atoms with van der Waals surface area (Å²) in [5, 5.41) is -0.721. The Morgan fingerprint density at radius 3 is 2.71 bits per heavy atom. The molecule has 3 aliphatic rings. The van der Waals surface area contributed by atoms with Gasteiger partial charge in [0.15, 0.2) is 17.0 Å². The minimum absolute atomic E-state index is 0.121. The average Bonchev–Trinajstić information content (AvgIpc) is 3.37. The van der Waals surface area contributed by atoms with E-state index in [4.69, 9.17) is 14.2 Å². The van der Waals surface area contributed by atoms with Crippen LogP contribution in [0.1, 0.15) is 35.2 Å². The molecule has 3 aliphatic heterocycles. The van der Waals surface area contributed by atoms with Crippen molar-refractivity contribution in [3.05, 3.63) is 65.7 Å². The number of esters is 1. The summed E-state index contributed by atoms with van der Waals surface area (Å²) in [6.45, 7) is 0. The second-order valence-electron chi connectivity index (χ2n) is 8.44. The van der Waals surface area contributed by atoms with Gasteiger partial charge >= 0.3 is 5.97 Å². The minimum Gasteiger partial charge on any atom is -0.597 e. The van der Waals surface area contributed by atoms with E-state index in [1.54, 1.807) is 24.3 Å². The summed E-state index contributed by atoms with van der Waals surface area (Å²) in [6.07, 6.45) is 1.28. The number of methoxy groups -OCH3 is 1. The first kappa shape index (κ1) is 20.6. The van der Waals surface area contributed by atoms with Gasteiger partial charge < -0.3 is 18.8 Å². The number of carbonyl (C=O) groups is 1. The van der Waals surface area contributed by atoms with E-state index in [-0.39, 0.29) is 6.10 Å². The molecule has 6 atom stereocenters. The SMILES string of the molecule is COc1ccccc1C(=O)O[C@@H]1[C@H](Cc2ccccc2)N[S+](=O)([O-])[C@H]2CC3CC[C@]12O3. The summed E-state index contributed by atoms with van der Waals surface area (Å²) in [7, 11) is -2.11. The summed E-state index contributed by atoms with van der Waals surface area (Å²) in [4.78, 5) is 13.2. The standard InChI is InChI=1S/C23H25NO6S/c1-28-19-10-6-5-9-17(19)22(25)29-21-18(13-15-7-3-2-4-8-15)24-31(26,27)20-14-16-11-12-23(20,21)30-16/h2-10,16,18,20-21H,11-14H2,1H3,(H-,24,26,27)/t16?,18-,20-,21+,23+/m0/s1. The van der Waals surface area contributed by atoms with Crippen molar-refractivity contribution in [1.82, 2.24) is 4.72 Å². The lowest BCUT2D eigenvalue weighted by Gasteiger charge is -2.47. The Kier molecular flexibility index (Phi) is 5.13. The maximum absolute atomic E-state index is 13.2. The monoisotopic (exact) mass is 443 g/mol. The number of nitrogens with one attached hydrogen (secondary N) is 1. The summed E-state index contributed by atoms with van der Waals surface area (Å²) in [5.74, 6) is -0.136.